The summed E-state index contributed by atoms with van der Waals surface area (Å²) in [7, 11) is 4.68. The highest BCUT2D eigenvalue weighted by Gasteiger charge is 2.22. The molecule has 5 heteroatoms. The van der Waals surface area contributed by atoms with E-state index in [2.05, 4.69) is 0 Å². The summed E-state index contributed by atoms with van der Waals surface area (Å²) in [5.41, 5.74) is 6.80. The summed E-state index contributed by atoms with van der Waals surface area (Å²) >= 11 is 0. The zero-order valence-corrected chi connectivity index (χ0v) is 12.0. The van der Waals surface area contributed by atoms with E-state index >= 15 is 0 Å². The molecule has 0 aliphatic rings. The van der Waals surface area contributed by atoms with Crippen molar-refractivity contribution in [3.8, 4) is 17.2 Å². The fourth-order valence-corrected chi connectivity index (χ4v) is 2.00. The lowest BCUT2D eigenvalue weighted by Gasteiger charge is -2.22. The third-order valence-electron chi connectivity index (χ3n) is 3.09. The summed E-state index contributed by atoms with van der Waals surface area (Å²) in [6.07, 6.45) is 0.889. The molecule has 0 fully saturated rings. The number of hydrogen-bond donors (Lipinski definition) is 2. The van der Waals surface area contributed by atoms with E-state index in [9.17, 15) is 5.11 Å². The molecule has 0 saturated heterocycles. The molecule has 108 valence electrons. The Morgan fingerprint density at radius 1 is 1.05 bits per heavy atom. The maximum absolute atomic E-state index is 10.0. The molecule has 0 heterocycles. The second-order valence-electron chi connectivity index (χ2n) is 4.33. The molecule has 5 nitrogen and oxygen atoms in total. The van der Waals surface area contributed by atoms with E-state index in [0.29, 0.717) is 29.2 Å². The summed E-state index contributed by atoms with van der Waals surface area (Å²) in [6.45, 7) is 2.00. The number of hydrogen-bond acceptors (Lipinski definition) is 5. The molecule has 0 radical (unpaired) electrons. The molecule has 0 aromatic heterocycles. The lowest BCUT2D eigenvalue weighted by molar-refractivity contribution is 0.133. The van der Waals surface area contributed by atoms with Crippen LogP contribution in [-0.4, -0.2) is 32.5 Å². The average Bonchev–Trinajstić information content (AvgIpc) is 2.45. The molecule has 2 atom stereocenters. The van der Waals surface area contributed by atoms with E-state index in [1.807, 2.05) is 6.92 Å². The van der Waals surface area contributed by atoms with E-state index in [1.54, 1.807) is 33.5 Å². The van der Waals surface area contributed by atoms with E-state index in [-0.39, 0.29) is 0 Å². The maximum Gasteiger partial charge on any atom is 0.164 e. The predicted molar refractivity (Wildman–Crippen MR) is 73.9 cm³/mol. The van der Waals surface area contributed by atoms with Crippen molar-refractivity contribution in [1.82, 2.24) is 0 Å². The van der Waals surface area contributed by atoms with Crippen LogP contribution in [0.5, 0.6) is 17.2 Å². The first-order chi connectivity index (χ1) is 9.08. The molecule has 1 rings (SSSR count). The van der Waals surface area contributed by atoms with Gasteiger partial charge < -0.3 is 25.1 Å². The first-order valence-corrected chi connectivity index (χ1v) is 6.32. The van der Waals surface area contributed by atoms with E-state index in [1.165, 1.54) is 0 Å². The largest absolute Gasteiger partial charge is 0.496 e. The van der Waals surface area contributed by atoms with Crippen molar-refractivity contribution in [2.24, 2.45) is 5.73 Å². The second-order valence-corrected chi connectivity index (χ2v) is 4.33. The summed E-state index contributed by atoms with van der Waals surface area (Å²) in [4.78, 5) is 0. The van der Waals surface area contributed by atoms with Crippen LogP contribution in [0.2, 0.25) is 0 Å². The fraction of sp³-hybridized carbons (Fsp3) is 0.571. The molecule has 0 bridgehead atoms. The zero-order valence-electron chi connectivity index (χ0n) is 12.0. The van der Waals surface area contributed by atoms with Gasteiger partial charge in [0.05, 0.1) is 33.5 Å². The van der Waals surface area contributed by atoms with Crippen LogP contribution in [-0.2, 0) is 0 Å². The third-order valence-corrected chi connectivity index (χ3v) is 3.09. The number of ether oxygens (including phenoxy) is 3. The van der Waals surface area contributed by atoms with Crippen LogP contribution in [0, 0.1) is 0 Å². The SMILES string of the molecule is CCC[C@@H](O)[C@@H](N)c1cc(OC)c(OC)cc1OC. The van der Waals surface area contributed by atoms with Crippen molar-refractivity contribution in [1.29, 1.82) is 0 Å². The third kappa shape index (κ3) is 3.52. The van der Waals surface area contributed by atoms with Crippen molar-refractivity contribution in [3.63, 3.8) is 0 Å². The molecule has 0 aliphatic carbocycles. The van der Waals surface area contributed by atoms with E-state index in [0.717, 1.165) is 6.42 Å². The second kappa shape index (κ2) is 7.21. The molecular formula is C14H23NO4. The van der Waals surface area contributed by atoms with Gasteiger partial charge in [0.25, 0.3) is 0 Å². The van der Waals surface area contributed by atoms with Crippen molar-refractivity contribution in [3.05, 3.63) is 17.7 Å². The number of nitrogens with two attached hydrogens (primary N) is 1. The molecule has 1 aromatic carbocycles. The number of rotatable bonds is 7. The Balaban J connectivity index is 3.17. The van der Waals surface area contributed by atoms with Gasteiger partial charge in [-0.25, -0.2) is 0 Å². The van der Waals surface area contributed by atoms with Crippen LogP contribution in [0.15, 0.2) is 12.1 Å². The van der Waals surface area contributed by atoms with Crippen molar-refractivity contribution < 1.29 is 19.3 Å². The van der Waals surface area contributed by atoms with Gasteiger partial charge in [0.2, 0.25) is 0 Å². The summed E-state index contributed by atoms with van der Waals surface area (Å²) < 4.78 is 15.8. The maximum atomic E-state index is 10.0. The van der Waals surface area contributed by atoms with Crippen LogP contribution < -0.4 is 19.9 Å². The van der Waals surface area contributed by atoms with Gasteiger partial charge in [-0.2, -0.15) is 0 Å². The minimum absolute atomic E-state index is 0.519. The quantitative estimate of drug-likeness (QED) is 0.790. The smallest absolute Gasteiger partial charge is 0.164 e. The van der Waals surface area contributed by atoms with Gasteiger partial charge in [-0.15, -0.1) is 0 Å². The van der Waals surface area contributed by atoms with Crippen molar-refractivity contribution >= 4 is 0 Å². The highest BCUT2D eigenvalue weighted by molar-refractivity contribution is 5.52. The summed E-state index contributed by atoms with van der Waals surface area (Å²) in [5, 5.41) is 10.0. The van der Waals surface area contributed by atoms with E-state index in [4.69, 9.17) is 19.9 Å². The van der Waals surface area contributed by atoms with Crippen molar-refractivity contribution in [2.45, 2.75) is 31.9 Å². The Morgan fingerprint density at radius 2 is 1.58 bits per heavy atom. The Morgan fingerprint density at radius 3 is 2.05 bits per heavy atom. The standard InChI is InChI=1S/C14H23NO4/c1-5-6-10(16)14(15)9-7-12(18-3)13(19-4)8-11(9)17-2/h7-8,10,14,16H,5-6,15H2,1-4H3/t10-,14+/m1/s1. The van der Waals surface area contributed by atoms with Gasteiger partial charge in [-0.3, -0.25) is 0 Å². The van der Waals surface area contributed by atoms with Crippen LogP contribution in [0.1, 0.15) is 31.4 Å². The zero-order chi connectivity index (χ0) is 14.4. The molecular weight excluding hydrogens is 246 g/mol. The molecule has 0 saturated carbocycles. The molecule has 0 amide bonds. The predicted octanol–water partition coefficient (Wildman–Crippen LogP) is 1.87. The Bertz CT molecular complexity index is 409. The highest BCUT2D eigenvalue weighted by Crippen LogP contribution is 2.38. The van der Waals surface area contributed by atoms with Crippen LogP contribution in [0.4, 0.5) is 0 Å². The Labute approximate surface area is 114 Å². The van der Waals surface area contributed by atoms with Gasteiger partial charge in [-0.05, 0) is 12.5 Å². The van der Waals surface area contributed by atoms with Gasteiger partial charge in [-0.1, -0.05) is 13.3 Å². The number of aliphatic hydroxyl groups excluding tert-OH is 1. The normalized spacial score (nSPS) is 13.8. The number of aliphatic hydroxyl groups is 1. The molecule has 1 aromatic rings. The molecule has 0 aliphatic heterocycles. The van der Waals surface area contributed by atoms with E-state index < -0.39 is 12.1 Å². The van der Waals surface area contributed by atoms with Gasteiger partial charge >= 0.3 is 0 Å². The molecule has 19 heavy (non-hydrogen) atoms. The average molecular weight is 269 g/mol. The Kier molecular flexibility index (Phi) is 5.92. The van der Waals surface area contributed by atoms with Crippen LogP contribution in [0.3, 0.4) is 0 Å². The summed E-state index contributed by atoms with van der Waals surface area (Å²) in [6, 6.07) is 2.95. The number of methoxy groups -OCH3 is 3. The Hall–Kier alpha value is -1.46. The van der Waals surface area contributed by atoms with Crippen LogP contribution >= 0.6 is 0 Å². The lowest BCUT2D eigenvalue weighted by Crippen LogP contribution is -2.26. The molecule has 0 spiro atoms. The van der Waals surface area contributed by atoms with Crippen molar-refractivity contribution in [2.75, 3.05) is 21.3 Å². The van der Waals surface area contributed by atoms with Gasteiger partial charge in [0, 0.05) is 11.6 Å². The summed E-state index contributed by atoms with van der Waals surface area (Å²) in [5.74, 6) is 1.72. The van der Waals surface area contributed by atoms with Crippen LogP contribution in [0.25, 0.3) is 0 Å². The monoisotopic (exact) mass is 269 g/mol. The topological polar surface area (TPSA) is 73.9 Å². The van der Waals surface area contributed by atoms with Gasteiger partial charge in [0.15, 0.2) is 11.5 Å². The minimum atomic E-state index is -0.614. The van der Waals surface area contributed by atoms with Gasteiger partial charge in [0.1, 0.15) is 5.75 Å². The fourth-order valence-electron chi connectivity index (χ4n) is 2.00. The minimum Gasteiger partial charge on any atom is -0.496 e. The molecule has 0 unspecified atom stereocenters. The lowest BCUT2D eigenvalue weighted by atomic mass is 9.97. The molecule has 3 N–H and O–H groups in total. The highest BCUT2D eigenvalue weighted by atomic mass is 16.5. The number of benzene rings is 1. The first-order valence-electron chi connectivity index (χ1n) is 6.32. The first kappa shape index (κ1) is 15.6.